The zero-order chi connectivity index (χ0) is 17.3. The van der Waals surface area contributed by atoms with Crippen LogP contribution in [0.4, 0.5) is 0 Å². The Hall–Kier alpha value is -0.130. The van der Waals surface area contributed by atoms with E-state index in [9.17, 15) is 8.42 Å². The van der Waals surface area contributed by atoms with Crippen LogP contribution in [0.15, 0.2) is 4.99 Å². The van der Waals surface area contributed by atoms with Crippen LogP contribution < -0.4 is 10.6 Å². The standard InChI is InChI=1S/C16H32N4O3S.HI/c1-17-16(19-10-12-20-11-6-14-24(20,21)22)18-9-5-13-23-15-7-3-2-4-8-15;/h15H,2-14H2,1H3,(H2,17,18,19);1H. The number of nitrogens with one attached hydrogen (secondary N) is 2. The molecule has 0 bridgehead atoms. The van der Waals surface area contributed by atoms with E-state index in [1.54, 1.807) is 11.4 Å². The normalized spacial score (nSPS) is 21.7. The molecule has 7 nitrogen and oxygen atoms in total. The molecule has 2 N–H and O–H groups in total. The van der Waals surface area contributed by atoms with Gasteiger partial charge in [-0.25, -0.2) is 12.7 Å². The minimum Gasteiger partial charge on any atom is -0.378 e. The number of guanidine groups is 1. The van der Waals surface area contributed by atoms with Gasteiger partial charge < -0.3 is 15.4 Å². The number of halogens is 1. The minimum absolute atomic E-state index is 0. The molecule has 2 rings (SSSR count). The molecule has 148 valence electrons. The largest absolute Gasteiger partial charge is 0.378 e. The highest BCUT2D eigenvalue weighted by molar-refractivity contribution is 14.0. The highest BCUT2D eigenvalue weighted by Gasteiger charge is 2.27. The van der Waals surface area contributed by atoms with E-state index in [1.807, 2.05) is 0 Å². The molecule has 1 heterocycles. The van der Waals surface area contributed by atoms with Gasteiger partial charge in [-0.2, -0.15) is 0 Å². The third kappa shape index (κ3) is 8.40. The summed E-state index contributed by atoms with van der Waals surface area (Å²) in [6, 6.07) is 0. The molecular weight excluding hydrogens is 455 g/mol. The van der Waals surface area contributed by atoms with Crippen LogP contribution in [0.2, 0.25) is 0 Å². The minimum atomic E-state index is -3.01. The number of sulfonamides is 1. The van der Waals surface area contributed by atoms with Crippen molar-refractivity contribution in [3.05, 3.63) is 0 Å². The number of hydrogen-bond acceptors (Lipinski definition) is 4. The number of rotatable bonds is 8. The molecule has 0 atom stereocenters. The second-order valence-electron chi connectivity index (χ2n) is 6.48. The van der Waals surface area contributed by atoms with E-state index in [0.29, 0.717) is 31.7 Å². The van der Waals surface area contributed by atoms with Crippen LogP contribution in [-0.4, -0.2) is 70.4 Å². The zero-order valence-corrected chi connectivity index (χ0v) is 18.4. The molecule has 1 saturated heterocycles. The van der Waals surface area contributed by atoms with Crippen LogP contribution in [0.1, 0.15) is 44.9 Å². The van der Waals surface area contributed by atoms with Gasteiger partial charge in [0.1, 0.15) is 0 Å². The number of nitrogens with zero attached hydrogens (tertiary/aromatic N) is 2. The first kappa shape index (κ1) is 22.9. The summed E-state index contributed by atoms with van der Waals surface area (Å²) in [6.45, 7) is 3.27. The smallest absolute Gasteiger partial charge is 0.214 e. The molecule has 25 heavy (non-hydrogen) atoms. The Morgan fingerprint density at radius 1 is 1.16 bits per heavy atom. The average Bonchev–Trinajstić information content (AvgIpc) is 2.92. The third-order valence-corrected chi connectivity index (χ3v) is 6.56. The Morgan fingerprint density at radius 3 is 2.52 bits per heavy atom. The van der Waals surface area contributed by atoms with Crippen LogP contribution in [0.25, 0.3) is 0 Å². The first-order valence-electron chi connectivity index (χ1n) is 9.16. The van der Waals surface area contributed by atoms with Crippen molar-refractivity contribution in [2.75, 3.05) is 45.6 Å². The fraction of sp³-hybridized carbons (Fsp3) is 0.938. The Labute approximate surface area is 169 Å². The molecule has 1 aliphatic heterocycles. The lowest BCUT2D eigenvalue weighted by Crippen LogP contribution is -2.42. The zero-order valence-electron chi connectivity index (χ0n) is 15.2. The van der Waals surface area contributed by atoms with Gasteiger partial charge in [0.2, 0.25) is 10.0 Å². The van der Waals surface area contributed by atoms with Crippen LogP contribution in [0, 0.1) is 0 Å². The topological polar surface area (TPSA) is 83.0 Å². The number of ether oxygens (including phenoxy) is 1. The van der Waals surface area contributed by atoms with E-state index in [2.05, 4.69) is 15.6 Å². The molecule has 2 fully saturated rings. The van der Waals surface area contributed by atoms with Gasteiger partial charge >= 0.3 is 0 Å². The fourth-order valence-electron chi connectivity index (χ4n) is 3.22. The summed E-state index contributed by atoms with van der Waals surface area (Å²) in [6.07, 6.45) is 8.49. The number of aliphatic imine (C=N–C) groups is 1. The summed E-state index contributed by atoms with van der Waals surface area (Å²) in [5, 5.41) is 6.41. The molecule has 0 aromatic carbocycles. The summed E-state index contributed by atoms with van der Waals surface area (Å²) in [4.78, 5) is 4.16. The molecule has 0 aromatic heterocycles. The lowest BCUT2D eigenvalue weighted by atomic mass is 9.98. The van der Waals surface area contributed by atoms with Gasteiger partial charge in [-0.05, 0) is 25.7 Å². The van der Waals surface area contributed by atoms with Crippen LogP contribution in [-0.2, 0) is 14.8 Å². The van der Waals surface area contributed by atoms with Crippen molar-refractivity contribution in [1.29, 1.82) is 0 Å². The van der Waals surface area contributed by atoms with Crippen molar-refractivity contribution < 1.29 is 13.2 Å². The molecule has 1 aliphatic carbocycles. The van der Waals surface area contributed by atoms with E-state index in [1.165, 1.54) is 32.1 Å². The van der Waals surface area contributed by atoms with Gasteiger partial charge in [0, 0.05) is 39.8 Å². The van der Waals surface area contributed by atoms with Crippen molar-refractivity contribution >= 4 is 40.0 Å². The molecular formula is C16H33IN4O3S. The SMILES string of the molecule is CN=C(NCCCOC1CCCCC1)NCCN1CCCS1(=O)=O.I. The summed E-state index contributed by atoms with van der Waals surface area (Å²) >= 11 is 0. The predicted octanol–water partition coefficient (Wildman–Crippen LogP) is 1.54. The maximum Gasteiger partial charge on any atom is 0.214 e. The molecule has 0 aromatic rings. The Morgan fingerprint density at radius 2 is 1.88 bits per heavy atom. The van der Waals surface area contributed by atoms with E-state index in [0.717, 1.165) is 26.0 Å². The van der Waals surface area contributed by atoms with E-state index in [-0.39, 0.29) is 29.7 Å². The van der Waals surface area contributed by atoms with Crippen LogP contribution in [0.5, 0.6) is 0 Å². The van der Waals surface area contributed by atoms with Gasteiger partial charge in [0.15, 0.2) is 5.96 Å². The van der Waals surface area contributed by atoms with Gasteiger partial charge in [0.25, 0.3) is 0 Å². The van der Waals surface area contributed by atoms with Crippen LogP contribution in [0.3, 0.4) is 0 Å². The van der Waals surface area contributed by atoms with Crippen molar-refractivity contribution in [2.24, 2.45) is 4.99 Å². The van der Waals surface area contributed by atoms with E-state index >= 15 is 0 Å². The summed E-state index contributed by atoms with van der Waals surface area (Å²) in [5.74, 6) is 0.991. The van der Waals surface area contributed by atoms with Crippen molar-refractivity contribution in [2.45, 2.75) is 51.0 Å². The fourth-order valence-corrected chi connectivity index (χ4v) is 4.75. The highest BCUT2D eigenvalue weighted by atomic mass is 127. The molecule has 0 amide bonds. The van der Waals surface area contributed by atoms with E-state index in [4.69, 9.17) is 4.74 Å². The lowest BCUT2D eigenvalue weighted by Gasteiger charge is -2.22. The van der Waals surface area contributed by atoms with E-state index < -0.39 is 10.0 Å². The summed E-state index contributed by atoms with van der Waals surface area (Å²) in [7, 11) is -1.29. The second kappa shape index (κ2) is 12.3. The molecule has 0 unspecified atom stereocenters. The lowest BCUT2D eigenvalue weighted by molar-refractivity contribution is 0.0277. The number of hydrogen-bond donors (Lipinski definition) is 2. The maximum atomic E-state index is 11.7. The molecule has 1 saturated carbocycles. The van der Waals surface area contributed by atoms with Gasteiger partial charge in [-0.15, -0.1) is 24.0 Å². The quantitative estimate of drug-likeness (QED) is 0.235. The van der Waals surface area contributed by atoms with Gasteiger partial charge in [-0.1, -0.05) is 19.3 Å². The van der Waals surface area contributed by atoms with Gasteiger partial charge in [-0.3, -0.25) is 4.99 Å². The summed E-state index contributed by atoms with van der Waals surface area (Å²) in [5.41, 5.74) is 0. The Balaban J connectivity index is 0.00000312. The third-order valence-electron chi connectivity index (χ3n) is 4.60. The molecule has 0 radical (unpaired) electrons. The van der Waals surface area contributed by atoms with Gasteiger partial charge in [0.05, 0.1) is 11.9 Å². The van der Waals surface area contributed by atoms with Crippen molar-refractivity contribution in [1.82, 2.24) is 14.9 Å². The Kier molecular flexibility index (Phi) is 11.3. The first-order chi connectivity index (χ1) is 11.6. The monoisotopic (exact) mass is 488 g/mol. The first-order valence-corrected chi connectivity index (χ1v) is 10.8. The Bertz CT molecular complexity index is 496. The maximum absolute atomic E-state index is 11.7. The second-order valence-corrected chi connectivity index (χ2v) is 8.57. The predicted molar refractivity (Wildman–Crippen MR) is 112 cm³/mol. The van der Waals surface area contributed by atoms with Crippen molar-refractivity contribution in [3.63, 3.8) is 0 Å². The molecule has 0 spiro atoms. The van der Waals surface area contributed by atoms with Crippen LogP contribution >= 0.6 is 24.0 Å². The molecule has 9 heteroatoms. The van der Waals surface area contributed by atoms with Crippen molar-refractivity contribution in [3.8, 4) is 0 Å². The molecule has 2 aliphatic rings. The average molecular weight is 488 g/mol. The highest BCUT2D eigenvalue weighted by Crippen LogP contribution is 2.20. The summed E-state index contributed by atoms with van der Waals surface area (Å²) < 4.78 is 30.9.